The van der Waals surface area contributed by atoms with Crippen LogP contribution in [0.5, 0.6) is 0 Å². The van der Waals surface area contributed by atoms with Crippen LogP contribution >= 0.6 is 11.8 Å². The number of piperazine rings is 1. The predicted octanol–water partition coefficient (Wildman–Crippen LogP) is 5.13. The van der Waals surface area contributed by atoms with Crippen molar-refractivity contribution in [2.24, 2.45) is 0 Å². The van der Waals surface area contributed by atoms with Crippen LogP contribution in [0.2, 0.25) is 0 Å². The normalized spacial score (nSPS) is 19.9. The number of nitrogens with one attached hydrogen (secondary N) is 1. The zero-order chi connectivity index (χ0) is 19.7. The van der Waals surface area contributed by atoms with Crippen LogP contribution in [0.15, 0.2) is 46.2 Å². The second-order valence-electron chi connectivity index (χ2n) is 7.32. The van der Waals surface area contributed by atoms with Crippen molar-refractivity contribution in [1.29, 1.82) is 0 Å². The number of halogens is 4. The van der Waals surface area contributed by atoms with Gasteiger partial charge in [-0.1, -0.05) is 17.8 Å². The molecule has 28 heavy (non-hydrogen) atoms. The molecular formula is C21H22F4N2S. The zero-order valence-electron chi connectivity index (χ0n) is 15.4. The molecule has 2 aliphatic rings. The van der Waals surface area contributed by atoms with Crippen molar-refractivity contribution >= 4 is 11.8 Å². The van der Waals surface area contributed by atoms with Gasteiger partial charge in [0.2, 0.25) is 0 Å². The molecule has 0 radical (unpaired) electrons. The van der Waals surface area contributed by atoms with Gasteiger partial charge in [0, 0.05) is 41.9 Å². The van der Waals surface area contributed by atoms with Gasteiger partial charge in [-0.05, 0) is 60.8 Å². The zero-order valence-corrected chi connectivity index (χ0v) is 16.2. The molecule has 2 aromatic rings. The van der Waals surface area contributed by atoms with Crippen LogP contribution in [-0.2, 0) is 6.18 Å². The third kappa shape index (κ3) is 4.21. The summed E-state index contributed by atoms with van der Waals surface area (Å²) in [5.74, 6) is -0.460. The van der Waals surface area contributed by atoms with Crippen molar-refractivity contribution in [1.82, 2.24) is 10.2 Å². The number of fused-ring (bicyclic) bond motifs is 2. The Kier molecular flexibility index (Phi) is 5.67. The lowest BCUT2D eigenvalue weighted by atomic mass is 9.86. The first-order valence-corrected chi connectivity index (χ1v) is 10.3. The van der Waals surface area contributed by atoms with E-state index in [2.05, 4.69) is 10.2 Å². The highest BCUT2D eigenvalue weighted by Gasteiger charge is 2.34. The second kappa shape index (κ2) is 8.05. The fourth-order valence-electron chi connectivity index (χ4n) is 4.03. The standard InChI is InChI=1S/C21H22F4N2S/c22-15-4-5-17-16(2-1-9-27-10-7-26-8-11-27)18-12-14(21(23,24)25)3-6-19(18)28-20(17)13-15/h3-6,12-13,16,26H,1-2,7-11H2. The molecule has 7 heteroatoms. The van der Waals surface area contributed by atoms with Gasteiger partial charge < -0.3 is 10.2 Å². The lowest BCUT2D eigenvalue weighted by Gasteiger charge is -2.31. The van der Waals surface area contributed by atoms with Gasteiger partial charge in [0.1, 0.15) is 5.82 Å². The van der Waals surface area contributed by atoms with Gasteiger partial charge in [0.15, 0.2) is 0 Å². The average molecular weight is 410 g/mol. The summed E-state index contributed by atoms with van der Waals surface area (Å²) in [5.41, 5.74) is 1.02. The highest BCUT2D eigenvalue weighted by molar-refractivity contribution is 7.99. The van der Waals surface area contributed by atoms with E-state index in [-0.39, 0.29) is 11.7 Å². The molecule has 2 aliphatic heterocycles. The molecule has 0 bridgehead atoms. The van der Waals surface area contributed by atoms with E-state index in [4.69, 9.17) is 0 Å². The first kappa shape index (κ1) is 19.7. The molecule has 0 aliphatic carbocycles. The second-order valence-corrected chi connectivity index (χ2v) is 8.40. The number of nitrogens with zero attached hydrogens (tertiary/aromatic N) is 1. The maximum atomic E-state index is 13.7. The van der Waals surface area contributed by atoms with E-state index >= 15 is 0 Å². The Balaban J connectivity index is 1.61. The molecule has 1 atom stereocenters. The van der Waals surface area contributed by atoms with E-state index in [9.17, 15) is 17.6 Å². The Morgan fingerprint density at radius 2 is 1.79 bits per heavy atom. The molecule has 1 fully saturated rings. The fourth-order valence-corrected chi connectivity index (χ4v) is 5.22. The first-order valence-electron chi connectivity index (χ1n) is 9.53. The molecule has 150 valence electrons. The topological polar surface area (TPSA) is 15.3 Å². The van der Waals surface area contributed by atoms with Crippen molar-refractivity contribution < 1.29 is 17.6 Å². The Labute approximate surface area is 166 Å². The van der Waals surface area contributed by atoms with E-state index in [0.717, 1.165) is 67.0 Å². The minimum absolute atomic E-state index is 0.142. The van der Waals surface area contributed by atoms with E-state index in [1.165, 1.54) is 36.0 Å². The van der Waals surface area contributed by atoms with Crippen molar-refractivity contribution in [2.75, 3.05) is 32.7 Å². The van der Waals surface area contributed by atoms with E-state index in [0.29, 0.717) is 5.56 Å². The molecule has 2 heterocycles. The molecule has 0 spiro atoms. The first-order chi connectivity index (χ1) is 13.4. The summed E-state index contributed by atoms with van der Waals surface area (Å²) in [5, 5.41) is 3.32. The average Bonchev–Trinajstić information content (AvgIpc) is 2.67. The Morgan fingerprint density at radius 1 is 1.00 bits per heavy atom. The van der Waals surface area contributed by atoms with Crippen LogP contribution in [0.1, 0.15) is 35.4 Å². The van der Waals surface area contributed by atoms with Gasteiger partial charge in [-0.25, -0.2) is 4.39 Å². The van der Waals surface area contributed by atoms with Gasteiger partial charge >= 0.3 is 6.18 Å². The molecular weight excluding hydrogens is 388 g/mol. The fraction of sp³-hybridized carbons (Fsp3) is 0.429. The van der Waals surface area contributed by atoms with Crippen molar-refractivity contribution in [3.05, 3.63) is 58.9 Å². The van der Waals surface area contributed by atoms with E-state index in [1.54, 1.807) is 6.07 Å². The maximum Gasteiger partial charge on any atom is 0.416 e. The summed E-state index contributed by atoms with van der Waals surface area (Å²) < 4.78 is 53.5. The van der Waals surface area contributed by atoms with Crippen LogP contribution in [0, 0.1) is 5.82 Å². The highest BCUT2D eigenvalue weighted by Crippen LogP contribution is 2.49. The number of hydrogen-bond acceptors (Lipinski definition) is 3. The molecule has 2 aromatic carbocycles. The Bertz CT molecular complexity index is 847. The van der Waals surface area contributed by atoms with Gasteiger partial charge in [-0.3, -0.25) is 0 Å². The van der Waals surface area contributed by atoms with Crippen LogP contribution in [-0.4, -0.2) is 37.6 Å². The summed E-state index contributed by atoms with van der Waals surface area (Å²) in [6, 6.07) is 8.56. The van der Waals surface area contributed by atoms with Crippen molar-refractivity contribution in [3.8, 4) is 0 Å². The van der Waals surface area contributed by atoms with Crippen LogP contribution in [0.4, 0.5) is 17.6 Å². The van der Waals surface area contributed by atoms with Gasteiger partial charge in [0.05, 0.1) is 5.56 Å². The molecule has 4 rings (SSSR count). The summed E-state index contributed by atoms with van der Waals surface area (Å²) in [6.45, 7) is 4.87. The van der Waals surface area contributed by atoms with Crippen LogP contribution in [0.3, 0.4) is 0 Å². The third-order valence-electron chi connectivity index (χ3n) is 5.46. The minimum Gasteiger partial charge on any atom is -0.314 e. The molecule has 0 aromatic heterocycles. The number of rotatable bonds is 4. The van der Waals surface area contributed by atoms with Crippen LogP contribution < -0.4 is 5.32 Å². The number of benzene rings is 2. The third-order valence-corrected chi connectivity index (χ3v) is 6.63. The van der Waals surface area contributed by atoms with Gasteiger partial charge in [0.25, 0.3) is 0 Å². The van der Waals surface area contributed by atoms with Crippen molar-refractivity contribution in [3.63, 3.8) is 0 Å². The molecule has 0 amide bonds. The lowest BCUT2D eigenvalue weighted by Crippen LogP contribution is -2.43. The molecule has 1 saturated heterocycles. The number of hydrogen-bond donors (Lipinski definition) is 1. The lowest BCUT2D eigenvalue weighted by molar-refractivity contribution is -0.137. The van der Waals surface area contributed by atoms with E-state index < -0.39 is 11.7 Å². The minimum atomic E-state index is -4.37. The molecule has 1 unspecified atom stereocenters. The Morgan fingerprint density at radius 3 is 2.54 bits per heavy atom. The Hall–Kier alpha value is -1.57. The molecule has 0 saturated carbocycles. The molecule has 1 N–H and O–H groups in total. The smallest absolute Gasteiger partial charge is 0.314 e. The highest BCUT2D eigenvalue weighted by atomic mass is 32.2. The molecule has 2 nitrogen and oxygen atoms in total. The SMILES string of the molecule is Fc1ccc2c(c1)Sc1ccc(C(F)(F)F)cc1C2CCCN1CCNCC1. The van der Waals surface area contributed by atoms with Crippen molar-refractivity contribution in [2.45, 2.75) is 34.7 Å². The quantitative estimate of drug-likeness (QED) is 0.704. The summed E-state index contributed by atoms with van der Waals surface area (Å²) >= 11 is 1.36. The maximum absolute atomic E-state index is 13.7. The van der Waals surface area contributed by atoms with Crippen LogP contribution in [0.25, 0.3) is 0 Å². The summed E-state index contributed by atoms with van der Waals surface area (Å²) in [7, 11) is 0. The largest absolute Gasteiger partial charge is 0.416 e. The predicted molar refractivity (Wildman–Crippen MR) is 102 cm³/mol. The summed E-state index contributed by atoms with van der Waals surface area (Å²) in [6.07, 6.45) is -2.73. The van der Waals surface area contributed by atoms with Gasteiger partial charge in [-0.15, -0.1) is 0 Å². The van der Waals surface area contributed by atoms with E-state index in [1.807, 2.05) is 0 Å². The van der Waals surface area contributed by atoms with Gasteiger partial charge in [-0.2, -0.15) is 13.2 Å². The monoisotopic (exact) mass is 410 g/mol. The summed E-state index contributed by atoms with van der Waals surface area (Å²) in [4.78, 5) is 3.98. The number of alkyl halides is 3.